The number of nitrogens with one attached hydrogen (secondary N) is 1. The number of aromatic nitrogens is 3. The Morgan fingerprint density at radius 3 is 2.88 bits per heavy atom. The lowest BCUT2D eigenvalue weighted by Crippen LogP contribution is -2.05. The predicted octanol–water partition coefficient (Wildman–Crippen LogP) is 1.28. The van der Waals surface area contributed by atoms with E-state index >= 15 is 0 Å². The lowest BCUT2D eigenvalue weighted by molar-refractivity contribution is 0.388. The van der Waals surface area contributed by atoms with Gasteiger partial charge in [-0.3, -0.25) is 0 Å². The van der Waals surface area contributed by atoms with Crippen LogP contribution in [0.3, 0.4) is 0 Å². The molecule has 0 saturated carbocycles. The SMILES string of the molecule is Cc1nc(CNc2ncc(N)cc2C)no1. The van der Waals surface area contributed by atoms with Gasteiger partial charge in [0, 0.05) is 6.92 Å². The number of rotatable bonds is 3. The fourth-order valence-electron chi connectivity index (χ4n) is 1.36. The van der Waals surface area contributed by atoms with Crippen LogP contribution < -0.4 is 11.1 Å². The van der Waals surface area contributed by atoms with E-state index < -0.39 is 0 Å². The Bertz CT molecular complexity index is 494. The third kappa shape index (κ3) is 2.28. The van der Waals surface area contributed by atoms with E-state index in [4.69, 9.17) is 10.3 Å². The highest BCUT2D eigenvalue weighted by Crippen LogP contribution is 2.14. The third-order valence-corrected chi connectivity index (χ3v) is 2.08. The zero-order valence-corrected chi connectivity index (χ0v) is 9.19. The number of anilines is 2. The van der Waals surface area contributed by atoms with Crippen LogP contribution in [0.25, 0.3) is 0 Å². The van der Waals surface area contributed by atoms with Crippen molar-refractivity contribution in [1.82, 2.24) is 15.1 Å². The summed E-state index contributed by atoms with van der Waals surface area (Å²) in [4.78, 5) is 8.26. The zero-order valence-electron chi connectivity index (χ0n) is 9.19. The Labute approximate surface area is 92.9 Å². The van der Waals surface area contributed by atoms with Crippen LogP contribution in [0.5, 0.6) is 0 Å². The summed E-state index contributed by atoms with van der Waals surface area (Å²) in [6.07, 6.45) is 1.61. The van der Waals surface area contributed by atoms with E-state index in [-0.39, 0.29) is 0 Å². The number of hydrogen-bond donors (Lipinski definition) is 2. The quantitative estimate of drug-likeness (QED) is 0.808. The molecular formula is C10H13N5O. The topological polar surface area (TPSA) is 89.9 Å². The number of nitrogen functional groups attached to an aromatic ring is 1. The molecule has 0 atom stereocenters. The highest BCUT2D eigenvalue weighted by atomic mass is 16.5. The van der Waals surface area contributed by atoms with Crippen molar-refractivity contribution >= 4 is 11.5 Å². The van der Waals surface area contributed by atoms with Crippen LogP contribution >= 0.6 is 0 Å². The second kappa shape index (κ2) is 4.18. The maximum Gasteiger partial charge on any atom is 0.223 e. The fourth-order valence-corrected chi connectivity index (χ4v) is 1.36. The Balaban J connectivity index is 2.04. The molecule has 6 heteroatoms. The van der Waals surface area contributed by atoms with Gasteiger partial charge in [-0.05, 0) is 18.6 Å². The molecule has 0 spiro atoms. The molecule has 0 aliphatic rings. The van der Waals surface area contributed by atoms with Gasteiger partial charge in [0.15, 0.2) is 5.82 Å². The van der Waals surface area contributed by atoms with Gasteiger partial charge in [-0.2, -0.15) is 4.98 Å². The minimum absolute atomic E-state index is 0.481. The summed E-state index contributed by atoms with van der Waals surface area (Å²) < 4.78 is 4.86. The van der Waals surface area contributed by atoms with E-state index in [0.717, 1.165) is 11.4 Å². The largest absolute Gasteiger partial charge is 0.397 e. The summed E-state index contributed by atoms with van der Waals surface area (Å²) in [5.74, 6) is 1.94. The molecule has 2 aromatic heterocycles. The maximum absolute atomic E-state index is 5.61. The Hall–Kier alpha value is -2.11. The van der Waals surface area contributed by atoms with Gasteiger partial charge < -0.3 is 15.6 Å². The number of aryl methyl sites for hydroxylation is 2. The van der Waals surface area contributed by atoms with Crippen LogP contribution in [0.15, 0.2) is 16.8 Å². The summed E-state index contributed by atoms with van der Waals surface area (Å²) in [6, 6.07) is 1.86. The average molecular weight is 219 g/mol. The Morgan fingerprint density at radius 1 is 1.44 bits per heavy atom. The summed E-state index contributed by atoms with van der Waals surface area (Å²) in [6.45, 7) is 4.17. The van der Waals surface area contributed by atoms with Crippen molar-refractivity contribution in [2.45, 2.75) is 20.4 Å². The van der Waals surface area contributed by atoms with E-state index in [1.54, 1.807) is 13.1 Å². The number of hydrogen-bond acceptors (Lipinski definition) is 6. The first-order chi connectivity index (χ1) is 7.65. The van der Waals surface area contributed by atoms with Crippen molar-refractivity contribution in [1.29, 1.82) is 0 Å². The smallest absolute Gasteiger partial charge is 0.223 e. The molecule has 0 saturated heterocycles. The molecule has 6 nitrogen and oxygen atoms in total. The molecule has 0 radical (unpaired) electrons. The third-order valence-electron chi connectivity index (χ3n) is 2.08. The van der Waals surface area contributed by atoms with Gasteiger partial charge in [-0.25, -0.2) is 4.98 Å². The summed E-state index contributed by atoms with van der Waals surface area (Å²) in [5.41, 5.74) is 7.25. The van der Waals surface area contributed by atoms with Crippen molar-refractivity contribution in [3.05, 3.63) is 29.5 Å². The predicted molar refractivity (Wildman–Crippen MR) is 59.7 cm³/mol. The first kappa shape index (κ1) is 10.4. The van der Waals surface area contributed by atoms with Gasteiger partial charge in [-0.15, -0.1) is 0 Å². The van der Waals surface area contributed by atoms with Crippen molar-refractivity contribution in [3.8, 4) is 0 Å². The normalized spacial score (nSPS) is 10.4. The van der Waals surface area contributed by atoms with E-state index in [0.29, 0.717) is 23.9 Å². The van der Waals surface area contributed by atoms with Gasteiger partial charge in [0.25, 0.3) is 0 Å². The van der Waals surface area contributed by atoms with Crippen LogP contribution in [0.4, 0.5) is 11.5 Å². The highest BCUT2D eigenvalue weighted by molar-refractivity contribution is 5.50. The standard InChI is InChI=1S/C10H13N5O/c1-6-3-8(11)4-12-10(6)13-5-9-14-7(2)16-15-9/h3-4H,5,11H2,1-2H3,(H,12,13). The molecule has 0 bridgehead atoms. The molecule has 3 N–H and O–H groups in total. The number of nitrogens with two attached hydrogens (primary N) is 1. The van der Waals surface area contributed by atoms with E-state index in [1.807, 2.05) is 13.0 Å². The first-order valence-electron chi connectivity index (χ1n) is 4.90. The lowest BCUT2D eigenvalue weighted by Gasteiger charge is -2.06. The van der Waals surface area contributed by atoms with Crippen molar-refractivity contribution in [2.75, 3.05) is 11.1 Å². The van der Waals surface area contributed by atoms with Gasteiger partial charge in [-0.1, -0.05) is 5.16 Å². The van der Waals surface area contributed by atoms with Crippen LogP contribution in [-0.2, 0) is 6.54 Å². The molecule has 84 valence electrons. The molecule has 0 unspecified atom stereocenters. The molecule has 0 aliphatic carbocycles. The number of pyridine rings is 1. The second-order valence-electron chi connectivity index (χ2n) is 3.52. The van der Waals surface area contributed by atoms with Crippen LogP contribution in [0, 0.1) is 13.8 Å². The number of nitrogens with zero attached hydrogens (tertiary/aromatic N) is 3. The van der Waals surface area contributed by atoms with Gasteiger partial charge >= 0.3 is 0 Å². The van der Waals surface area contributed by atoms with Crippen molar-refractivity contribution in [3.63, 3.8) is 0 Å². The fraction of sp³-hybridized carbons (Fsp3) is 0.300. The van der Waals surface area contributed by atoms with E-state index in [2.05, 4.69) is 20.4 Å². The zero-order chi connectivity index (χ0) is 11.5. The first-order valence-corrected chi connectivity index (χ1v) is 4.90. The Kier molecular flexibility index (Phi) is 2.72. The monoisotopic (exact) mass is 219 g/mol. The van der Waals surface area contributed by atoms with Gasteiger partial charge in [0.2, 0.25) is 5.89 Å². The summed E-state index contributed by atoms with van der Waals surface area (Å²) >= 11 is 0. The average Bonchev–Trinajstić information content (AvgIpc) is 2.63. The van der Waals surface area contributed by atoms with Crippen molar-refractivity contribution in [2.24, 2.45) is 0 Å². The molecule has 2 aromatic rings. The van der Waals surface area contributed by atoms with Crippen LogP contribution in [-0.4, -0.2) is 15.1 Å². The molecule has 2 heterocycles. The van der Waals surface area contributed by atoms with Gasteiger partial charge in [0.1, 0.15) is 5.82 Å². The minimum Gasteiger partial charge on any atom is -0.397 e. The molecule has 0 aliphatic heterocycles. The summed E-state index contributed by atoms with van der Waals surface area (Å²) in [7, 11) is 0. The molecule has 0 aromatic carbocycles. The minimum atomic E-state index is 0.481. The second-order valence-corrected chi connectivity index (χ2v) is 3.52. The summed E-state index contributed by atoms with van der Waals surface area (Å²) in [5, 5.41) is 6.90. The molecular weight excluding hydrogens is 206 g/mol. The van der Waals surface area contributed by atoms with Crippen LogP contribution in [0.2, 0.25) is 0 Å². The van der Waals surface area contributed by atoms with E-state index in [9.17, 15) is 0 Å². The lowest BCUT2D eigenvalue weighted by atomic mass is 10.2. The highest BCUT2D eigenvalue weighted by Gasteiger charge is 2.04. The van der Waals surface area contributed by atoms with E-state index in [1.165, 1.54) is 0 Å². The molecule has 0 amide bonds. The molecule has 16 heavy (non-hydrogen) atoms. The molecule has 2 rings (SSSR count). The Morgan fingerprint density at radius 2 is 2.25 bits per heavy atom. The maximum atomic E-state index is 5.61. The van der Waals surface area contributed by atoms with Gasteiger partial charge in [0.05, 0.1) is 18.4 Å². The molecule has 0 fully saturated rings. The van der Waals surface area contributed by atoms with Crippen LogP contribution in [0.1, 0.15) is 17.3 Å². The van der Waals surface area contributed by atoms with Crippen molar-refractivity contribution < 1.29 is 4.52 Å².